The average Bonchev–Trinajstić information content (AvgIpc) is 2.63. The first-order valence-corrected chi connectivity index (χ1v) is 9.76. The number of hydrogen-bond donors (Lipinski definition) is 2. The third-order valence-electron chi connectivity index (χ3n) is 4.12. The number of sulfonamides is 1. The van der Waals surface area contributed by atoms with E-state index in [1.54, 1.807) is 43.3 Å². The molecule has 0 saturated heterocycles. The number of nitrogens with two attached hydrogens (primary N) is 1. The lowest BCUT2D eigenvalue weighted by Crippen LogP contribution is -2.48. The maximum absolute atomic E-state index is 12.4. The van der Waals surface area contributed by atoms with Crippen LogP contribution in [0.4, 0.5) is 5.69 Å². The van der Waals surface area contributed by atoms with Gasteiger partial charge < -0.3 is 10.1 Å². The van der Waals surface area contributed by atoms with Gasteiger partial charge in [-0.05, 0) is 36.8 Å². The third-order valence-corrected chi connectivity index (χ3v) is 5.05. The van der Waals surface area contributed by atoms with Crippen LogP contribution in [0.5, 0.6) is 5.75 Å². The van der Waals surface area contributed by atoms with E-state index in [0.717, 1.165) is 0 Å². The third kappa shape index (κ3) is 4.26. The van der Waals surface area contributed by atoms with Crippen molar-refractivity contribution in [3.8, 4) is 5.75 Å². The summed E-state index contributed by atoms with van der Waals surface area (Å²) in [6.45, 7) is 1.69. The summed E-state index contributed by atoms with van der Waals surface area (Å²) >= 11 is 0. The molecule has 2 aromatic rings. The van der Waals surface area contributed by atoms with Gasteiger partial charge in [0.15, 0.2) is 6.10 Å². The molecule has 2 aromatic carbocycles. The SMILES string of the molecule is C[C@@H]1Oc2ccccc2N(CC(=O)NCc2ccc(S(N)(=O)=O)cc2)C1=O. The molecule has 0 fully saturated rings. The Morgan fingerprint density at radius 2 is 1.85 bits per heavy atom. The summed E-state index contributed by atoms with van der Waals surface area (Å²) in [6.07, 6.45) is -0.668. The molecule has 142 valence electrons. The lowest BCUT2D eigenvalue weighted by molar-refractivity contribution is -0.128. The number of amides is 2. The molecule has 0 saturated carbocycles. The summed E-state index contributed by atoms with van der Waals surface area (Å²) in [7, 11) is -3.75. The molecule has 8 nitrogen and oxygen atoms in total. The Morgan fingerprint density at radius 3 is 2.52 bits per heavy atom. The highest BCUT2D eigenvalue weighted by Gasteiger charge is 2.32. The van der Waals surface area contributed by atoms with Crippen LogP contribution in [-0.2, 0) is 26.2 Å². The van der Waals surface area contributed by atoms with Gasteiger partial charge in [0.25, 0.3) is 5.91 Å². The lowest BCUT2D eigenvalue weighted by atomic mass is 10.2. The number of ether oxygens (including phenoxy) is 1. The number of rotatable bonds is 5. The molecular weight excluding hydrogens is 370 g/mol. The van der Waals surface area contributed by atoms with E-state index < -0.39 is 16.1 Å². The van der Waals surface area contributed by atoms with E-state index in [2.05, 4.69) is 5.32 Å². The van der Waals surface area contributed by atoms with Crippen LogP contribution in [0.25, 0.3) is 0 Å². The Kier molecular flexibility index (Phi) is 5.15. The van der Waals surface area contributed by atoms with Crippen molar-refractivity contribution in [1.29, 1.82) is 0 Å². The van der Waals surface area contributed by atoms with Crippen molar-refractivity contribution in [1.82, 2.24) is 5.32 Å². The van der Waals surface area contributed by atoms with Crippen LogP contribution >= 0.6 is 0 Å². The number of fused-ring (bicyclic) bond motifs is 1. The van der Waals surface area contributed by atoms with Crippen molar-refractivity contribution in [3.05, 3.63) is 54.1 Å². The number of carbonyl (C=O) groups excluding carboxylic acids is 2. The zero-order chi connectivity index (χ0) is 19.6. The molecular formula is C18H19N3O5S. The maximum Gasteiger partial charge on any atom is 0.268 e. The van der Waals surface area contributed by atoms with E-state index in [9.17, 15) is 18.0 Å². The molecule has 0 aliphatic carbocycles. The first kappa shape index (κ1) is 18.9. The normalized spacial score (nSPS) is 16.4. The van der Waals surface area contributed by atoms with Crippen molar-refractivity contribution in [2.75, 3.05) is 11.4 Å². The van der Waals surface area contributed by atoms with Crippen molar-refractivity contribution >= 4 is 27.5 Å². The Balaban J connectivity index is 1.65. The monoisotopic (exact) mass is 389 g/mol. The summed E-state index contributed by atoms with van der Waals surface area (Å²) in [5.74, 6) is -0.0832. The van der Waals surface area contributed by atoms with Gasteiger partial charge in [-0.15, -0.1) is 0 Å². The van der Waals surface area contributed by atoms with Gasteiger partial charge in [-0.25, -0.2) is 13.6 Å². The largest absolute Gasteiger partial charge is 0.479 e. The minimum Gasteiger partial charge on any atom is -0.479 e. The van der Waals surface area contributed by atoms with Gasteiger partial charge in [-0.2, -0.15) is 0 Å². The highest BCUT2D eigenvalue weighted by molar-refractivity contribution is 7.89. The molecule has 2 amide bonds. The summed E-state index contributed by atoms with van der Waals surface area (Å²) in [5, 5.41) is 7.77. The maximum atomic E-state index is 12.4. The van der Waals surface area contributed by atoms with Crippen LogP contribution in [0.15, 0.2) is 53.4 Å². The van der Waals surface area contributed by atoms with Gasteiger partial charge in [0, 0.05) is 6.54 Å². The number of hydrogen-bond acceptors (Lipinski definition) is 5. The Morgan fingerprint density at radius 1 is 1.19 bits per heavy atom. The number of carbonyl (C=O) groups is 2. The fourth-order valence-electron chi connectivity index (χ4n) is 2.72. The van der Waals surface area contributed by atoms with E-state index in [1.165, 1.54) is 17.0 Å². The van der Waals surface area contributed by atoms with E-state index in [0.29, 0.717) is 17.0 Å². The number of benzene rings is 2. The lowest BCUT2D eigenvalue weighted by Gasteiger charge is -2.32. The molecule has 1 aliphatic rings. The standard InChI is InChI=1S/C18H19N3O5S/c1-12-18(23)21(15-4-2-3-5-16(15)26-12)11-17(22)20-10-13-6-8-14(9-7-13)27(19,24)25/h2-9,12H,10-11H2,1H3,(H,20,22)(H2,19,24,25)/t12-/m0/s1. The van der Waals surface area contributed by atoms with Gasteiger partial charge in [-0.3, -0.25) is 14.5 Å². The van der Waals surface area contributed by atoms with E-state index in [1.807, 2.05) is 0 Å². The van der Waals surface area contributed by atoms with E-state index in [-0.39, 0.29) is 29.8 Å². The summed E-state index contributed by atoms with van der Waals surface area (Å²) in [6, 6.07) is 12.9. The van der Waals surface area contributed by atoms with Crippen LogP contribution in [0.2, 0.25) is 0 Å². The first-order chi connectivity index (χ1) is 12.8. The molecule has 3 rings (SSSR count). The van der Waals surface area contributed by atoms with Gasteiger partial charge in [0.2, 0.25) is 15.9 Å². The van der Waals surface area contributed by atoms with Crippen LogP contribution in [0, 0.1) is 0 Å². The Hall–Kier alpha value is -2.91. The number of nitrogens with zero attached hydrogens (tertiary/aromatic N) is 1. The van der Waals surface area contributed by atoms with Crippen LogP contribution in [0.3, 0.4) is 0 Å². The van der Waals surface area contributed by atoms with Crippen molar-refractivity contribution < 1.29 is 22.7 Å². The molecule has 0 spiro atoms. The number of nitrogens with one attached hydrogen (secondary N) is 1. The smallest absolute Gasteiger partial charge is 0.268 e. The first-order valence-electron chi connectivity index (χ1n) is 8.21. The number of primary sulfonamides is 1. The van der Waals surface area contributed by atoms with Gasteiger partial charge >= 0.3 is 0 Å². The average molecular weight is 389 g/mol. The fourth-order valence-corrected chi connectivity index (χ4v) is 3.23. The molecule has 0 bridgehead atoms. The Labute approximate surface area is 157 Å². The fraction of sp³-hybridized carbons (Fsp3) is 0.222. The molecule has 27 heavy (non-hydrogen) atoms. The van der Waals surface area contributed by atoms with E-state index in [4.69, 9.17) is 9.88 Å². The van der Waals surface area contributed by atoms with Gasteiger partial charge in [-0.1, -0.05) is 24.3 Å². The molecule has 3 N–H and O–H groups in total. The predicted molar refractivity (Wildman–Crippen MR) is 98.5 cm³/mol. The molecule has 1 atom stereocenters. The van der Waals surface area contributed by atoms with Gasteiger partial charge in [0.05, 0.1) is 10.6 Å². The molecule has 0 unspecified atom stereocenters. The molecule has 1 aliphatic heterocycles. The Bertz CT molecular complexity index is 973. The van der Waals surface area contributed by atoms with Crippen molar-refractivity contribution in [2.24, 2.45) is 5.14 Å². The second-order valence-electron chi connectivity index (χ2n) is 6.12. The quantitative estimate of drug-likeness (QED) is 0.783. The van der Waals surface area contributed by atoms with E-state index >= 15 is 0 Å². The molecule has 1 heterocycles. The topological polar surface area (TPSA) is 119 Å². The van der Waals surface area contributed by atoms with Crippen molar-refractivity contribution in [3.63, 3.8) is 0 Å². The second kappa shape index (κ2) is 7.37. The highest BCUT2D eigenvalue weighted by Crippen LogP contribution is 2.33. The van der Waals surface area contributed by atoms with Crippen molar-refractivity contribution in [2.45, 2.75) is 24.5 Å². The minimum atomic E-state index is -3.75. The summed E-state index contributed by atoms with van der Waals surface area (Å²) in [4.78, 5) is 26.1. The summed E-state index contributed by atoms with van der Waals surface area (Å²) in [5.41, 5.74) is 1.26. The molecule has 0 radical (unpaired) electrons. The summed E-state index contributed by atoms with van der Waals surface area (Å²) < 4.78 is 28.0. The highest BCUT2D eigenvalue weighted by atomic mass is 32.2. The van der Waals surface area contributed by atoms with Crippen LogP contribution in [0.1, 0.15) is 12.5 Å². The van der Waals surface area contributed by atoms with Crippen LogP contribution < -0.4 is 20.1 Å². The zero-order valence-corrected chi connectivity index (χ0v) is 15.4. The molecule has 0 aromatic heterocycles. The number of anilines is 1. The van der Waals surface area contributed by atoms with Crippen LogP contribution in [-0.4, -0.2) is 32.9 Å². The predicted octanol–water partition coefficient (Wildman–Crippen LogP) is 0.764. The zero-order valence-electron chi connectivity index (χ0n) is 14.6. The number of para-hydroxylation sites is 2. The minimum absolute atomic E-state index is 0.00193. The second-order valence-corrected chi connectivity index (χ2v) is 7.68. The van der Waals surface area contributed by atoms with Gasteiger partial charge in [0.1, 0.15) is 12.3 Å². The molecule has 9 heteroatoms.